The summed E-state index contributed by atoms with van der Waals surface area (Å²) in [7, 11) is 0. The largest absolute Gasteiger partial charge is 0.439 e. The first-order valence-electron chi connectivity index (χ1n) is 6.20. The van der Waals surface area contributed by atoms with Gasteiger partial charge >= 0.3 is 6.03 Å². The van der Waals surface area contributed by atoms with Gasteiger partial charge in [0.25, 0.3) is 0 Å². The number of rotatable bonds is 2. The maximum absolute atomic E-state index is 12.7. The zero-order valence-corrected chi connectivity index (χ0v) is 11.3. The molecule has 0 saturated heterocycles. The van der Waals surface area contributed by atoms with E-state index in [-0.39, 0.29) is 16.4 Å². The molecule has 1 aliphatic heterocycles. The average molecular weight is 247 g/mol. The van der Waals surface area contributed by atoms with E-state index in [0.717, 1.165) is 11.4 Å². The van der Waals surface area contributed by atoms with Crippen LogP contribution in [0.1, 0.15) is 27.7 Å². The number of quaternary nitrogens is 1. The van der Waals surface area contributed by atoms with Gasteiger partial charge in [0.2, 0.25) is 6.34 Å². The second-order valence-corrected chi connectivity index (χ2v) is 4.81. The minimum Gasteiger partial charge on any atom is -0.245 e. The molecule has 2 heterocycles. The van der Waals surface area contributed by atoms with Crippen molar-refractivity contribution in [2.75, 3.05) is 6.54 Å². The molecule has 1 aliphatic rings. The quantitative estimate of drug-likeness (QED) is 0.754. The molecular formula is C13H19N4O+. The lowest BCUT2D eigenvalue weighted by molar-refractivity contribution is -0.709. The van der Waals surface area contributed by atoms with E-state index in [1.807, 2.05) is 13.8 Å². The Morgan fingerprint density at radius 3 is 2.72 bits per heavy atom. The van der Waals surface area contributed by atoms with Crippen molar-refractivity contribution in [3.63, 3.8) is 0 Å². The number of imidazole rings is 1. The van der Waals surface area contributed by atoms with Crippen molar-refractivity contribution in [1.29, 1.82) is 0 Å². The van der Waals surface area contributed by atoms with E-state index in [4.69, 9.17) is 0 Å². The highest BCUT2D eigenvalue weighted by molar-refractivity contribution is 5.80. The fourth-order valence-electron chi connectivity index (χ4n) is 2.60. The minimum absolute atomic E-state index is 0.0284. The fraction of sp³-hybridized carbons (Fsp3) is 0.462. The summed E-state index contributed by atoms with van der Waals surface area (Å²) >= 11 is 0. The first-order valence-corrected chi connectivity index (χ1v) is 6.20. The van der Waals surface area contributed by atoms with Gasteiger partial charge in [-0.25, -0.2) is 19.3 Å². The van der Waals surface area contributed by atoms with Crippen LogP contribution in [-0.4, -0.2) is 32.9 Å². The molecule has 0 saturated carbocycles. The van der Waals surface area contributed by atoms with E-state index < -0.39 is 0 Å². The van der Waals surface area contributed by atoms with Gasteiger partial charge in [0, 0.05) is 18.3 Å². The lowest BCUT2D eigenvalue weighted by atomic mass is 10.1. The van der Waals surface area contributed by atoms with E-state index in [0.29, 0.717) is 6.54 Å². The number of carbonyl (C=O) groups excluding carboxylic acids is 1. The zero-order chi connectivity index (χ0) is 13.3. The minimum atomic E-state index is -0.0284. The number of hydrogen-bond acceptors (Lipinski definition) is 3. The smallest absolute Gasteiger partial charge is 0.245 e. The molecule has 0 spiro atoms. The third-order valence-corrected chi connectivity index (χ3v) is 3.36. The van der Waals surface area contributed by atoms with Gasteiger partial charge in [-0.1, -0.05) is 13.8 Å². The standard InChI is InChI=1S/C13H19N4O/c1-5-17(13(18)16-7-6-14-8-16)9-15-11(4)12(17)10(2)3/h6-10H,5H2,1-4H3/q+1. The van der Waals surface area contributed by atoms with Crippen LogP contribution in [-0.2, 0) is 0 Å². The van der Waals surface area contributed by atoms with Gasteiger partial charge in [0.15, 0.2) is 0 Å². The Bertz CT molecular complexity index is 513. The second kappa shape index (κ2) is 4.49. The van der Waals surface area contributed by atoms with Gasteiger partial charge in [-0.15, -0.1) is 0 Å². The van der Waals surface area contributed by atoms with E-state index in [1.54, 1.807) is 18.7 Å². The van der Waals surface area contributed by atoms with Crippen LogP contribution in [0.2, 0.25) is 0 Å². The summed E-state index contributed by atoms with van der Waals surface area (Å²) in [6.07, 6.45) is 6.57. The monoisotopic (exact) mass is 247 g/mol. The van der Waals surface area contributed by atoms with E-state index in [9.17, 15) is 4.79 Å². The molecule has 0 radical (unpaired) electrons. The van der Waals surface area contributed by atoms with E-state index in [2.05, 4.69) is 23.8 Å². The molecule has 2 rings (SSSR count). The van der Waals surface area contributed by atoms with Crippen molar-refractivity contribution in [2.45, 2.75) is 27.7 Å². The number of amides is 1. The lowest BCUT2D eigenvalue weighted by Gasteiger charge is -2.30. The molecule has 0 bridgehead atoms. The number of aromatic nitrogens is 2. The summed E-state index contributed by atoms with van der Waals surface area (Å²) in [4.78, 5) is 21.0. The maximum atomic E-state index is 12.7. The highest BCUT2D eigenvalue weighted by atomic mass is 16.2. The summed E-state index contributed by atoms with van der Waals surface area (Å²) in [5.41, 5.74) is 2.01. The number of aliphatic imine (C=N–C) groups is 1. The normalized spacial score (nSPS) is 23.2. The molecule has 0 fully saturated rings. The predicted molar refractivity (Wildman–Crippen MR) is 69.9 cm³/mol. The van der Waals surface area contributed by atoms with Crippen LogP contribution in [0.3, 0.4) is 0 Å². The summed E-state index contributed by atoms with van der Waals surface area (Å²) in [5, 5.41) is 0. The van der Waals surface area contributed by atoms with Crippen LogP contribution >= 0.6 is 0 Å². The lowest BCUT2D eigenvalue weighted by Crippen LogP contribution is -2.52. The number of carbonyl (C=O) groups is 1. The van der Waals surface area contributed by atoms with Crippen LogP contribution in [0.4, 0.5) is 4.79 Å². The predicted octanol–water partition coefficient (Wildman–Crippen LogP) is 2.62. The number of allylic oxidation sites excluding steroid dienone is 2. The Kier molecular flexibility index (Phi) is 3.17. The zero-order valence-electron chi connectivity index (χ0n) is 11.3. The second-order valence-electron chi connectivity index (χ2n) is 4.81. The van der Waals surface area contributed by atoms with E-state index in [1.165, 1.54) is 10.9 Å². The first kappa shape index (κ1) is 12.7. The molecule has 96 valence electrons. The fourth-order valence-corrected chi connectivity index (χ4v) is 2.60. The van der Waals surface area contributed by atoms with Gasteiger partial charge < -0.3 is 0 Å². The molecule has 0 aliphatic carbocycles. The van der Waals surface area contributed by atoms with Crippen molar-refractivity contribution >= 4 is 12.4 Å². The van der Waals surface area contributed by atoms with Crippen molar-refractivity contribution in [2.24, 2.45) is 10.9 Å². The SMILES string of the molecule is CC[N+]1(C(=O)n2ccnc2)C=NC(C)=C1C(C)C. The van der Waals surface area contributed by atoms with Crippen LogP contribution in [0.15, 0.2) is 35.1 Å². The average Bonchev–Trinajstić information content (AvgIpc) is 2.95. The Morgan fingerprint density at radius 2 is 2.22 bits per heavy atom. The van der Waals surface area contributed by atoms with Crippen LogP contribution in [0.5, 0.6) is 0 Å². The highest BCUT2D eigenvalue weighted by Crippen LogP contribution is 2.32. The van der Waals surface area contributed by atoms with Gasteiger partial charge in [-0.05, 0) is 13.8 Å². The topological polar surface area (TPSA) is 47.2 Å². The van der Waals surface area contributed by atoms with E-state index >= 15 is 0 Å². The Hall–Kier alpha value is -1.75. The molecule has 1 aromatic rings. The molecule has 18 heavy (non-hydrogen) atoms. The Labute approximate surface area is 107 Å². The Morgan fingerprint density at radius 1 is 1.50 bits per heavy atom. The summed E-state index contributed by atoms with van der Waals surface area (Å²) in [6, 6.07) is -0.0284. The third-order valence-electron chi connectivity index (χ3n) is 3.36. The van der Waals surface area contributed by atoms with Gasteiger partial charge in [-0.2, -0.15) is 4.48 Å². The summed E-state index contributed by atoms with van der Waals surface area (Å²) in [6.45, 7) is 8.81. The first-order chi connectivity index (χ1) is 8.53. The van der Waals surface area contributed by atoms with Gasteiger partial charge in [0.05, 0.1) is 6.54 Å². The number of nitrogens with zero attached hydrogens (tertiary/aromatic N) is 4. The maximum Gasteiger partial charge on any atom is 0.439 e. The van der Waals surface area contributed by atoms with Crippen LogP contribution in [0.25, 0.3) is 0 Å². The molecule has 0 aromatic carbocycles. The van der Waals surface area contributed by atoms with Crippen molar-refractivity contribution < 1.29 is 9.28 Å². The number of hydrogen-bond donors (Lipinski definition) is 0. The van der Waals surface area contributed by atoms with Crippen molar-refractivity contribution in [3.05, 3.63) is 30.1 Å². The molecule has 1 amide bonds. The van der Waals surface area contributed by atoms with Crippen LogP contribution in [0, 0.1) is 5.92 Å². The third kappa shape index (κ3) is 1.71. The summed E-state index contributed by atoms with van der Waals surface area (Å²) < 4.78 is 1.69. The molecule has 0 N–H and O–H groups in total. The molecule has 1 atom stereocenters. The van der Waals surface area contributed by atoms with Crippen LogP contribution < -0.4 is 0 Å². The Balaban J connectivity index is 2.50. The molecule has 1 aromatic heterocycles. The summed E-state index contributed by atoms with van der Waals surface area (Å²) in [5.74, 6) is 0.278. The highest BCUT2D eigenvalue weighted by Gasteiger charge is 2.45. The van der Waals surface area contributed by atoms with Crippen molar-refractivity contribution in [1.82, 2.24) is 9.55 Å². The molecule has 5 nitrogen and oxygen atoms in total. The van der Waals surface area contributed by atoms with Gasteiger partial charge in [-0.3, -0.25) is 0 Å². The van der Waals surface area contributed by atoms with Gasteiger partial charge in [0.1, 0.15) is 17.7 Å². The van der Waals surface area contributed by atoms with Crippen molar-refractivity contribution in [3.8, 4) is 0 Å². The molecular weight excluding hydrogens is 228 g/mol. The molecule has 1 unspecified atom stereocenters. The molecule has 5 heteroatoms.